The van der Waals surface area contributed by atoms with Crippen molar-refractivity contribution in [1.82, 2.24) is 30.3 Å². The minimum Gasteiger partial charge on any atom is -0.334 e. The third-order valence-corrected chi connectivity index (χ3v) is 8.31. The predicted molar refractivity (Wildman–Crippen MR) is 136 cm³/mol. The summed E-state index contributed by atoms with van der Waals surface area (Å²) in [4.78, 5) is 21.8. The first-order valence-electron chi connectivity index (χ1n) is 13.2. The molecule has 3 atom stereocenters. The largest absolute Gasteiger partial charge is 0.334 e. The molecule has 5 heterocycles. The van der Waals surface area contributed by atoms with Crippen molar-refractivity contribution in [1.29, 1.82) is 0 Å². The zero-order valence-corrected chi connectivity index (χ0v) is 21.0. The molecular formula is C28H32F2N6O. The molecule has 9 heteroatoms. The van der Waals surface area contributed by atoms with Crippen LogP contribution in [-0.4, -0.2) is 56.2 Å². The Kier molecular flexibility index (Phi) is 6.40. The van der Waals surface area contributed by atoms with Crippen molar-refractivity contribution in [2.45, 2.75) is 64.2 Å². The number of aromatic amines is 1. The van der Waals surface area contributed by atoms with E-state index in [0.29, 0.717) is 25.4 Å². The maximum atomic E-state index is 14.4. The quantitative estimate of drug-likeness (QED) is 0.544. The van der Waals surface area contributed by atoms with E-state index >= 15 is 0 Å². The molecule has 2 N–H and O–H groups in total. The van der Waals surface area contributed by atoms with Crippen LogP contribution in [0.2, 0.25) is 0 Å². The van der Waals surface area contributed by atoms with Gasteiger partial charge in [0, 0.05) is 72.4 Å². The van der Waals surface area contributed by atoms with Crippen LogP contribution in [0.1, 0.15) is 48.2 Å². The number of H-pyrrole nitrogens is 1. The van der Waals surface area contributed by atoms with E-state index in [1.54, 1.807) is 6.20 Å². The number of nitrogens with one attached hydrogen (secondary N) is 2. The zero-order valence-electron chi connectivity index (χ0n) is 21.0. The summed E-state index contributed by atoms with van der Waals surface area (Å²) in [5.41, 5.74) is 5.00. The number of rotatable bonds is 4. The third-order valence-electron chi connectivity index (χ3n) is 8.31. The van der Waals surface area contributed by atoms with Gasteiger partial charge in [0.15, 0.2) is 0 Å². The van der Waals surface area contributed by atoms with Crippen LogP contribution in [-0.2, 0) is 19.5 Å². The van der Waals surface area contributed by atoms with E-state index in [0.717, 1.165) is 60.4 Å². The van der Waals surface area contributed by atoms with Gasteiger partial charge in [-0.2, -0.15) is 5.10 Å². The minimum atomic E-state index is -0.509. The van der Waals surface area contributed by atoms with Crippen molar-refractivity contribution < 1.29 is 13.6 Å². The number of carbonyl (C=O) groups is 1. The highest BCUT2D eigenvalue weighted by Crippen LogP contribution is 2.35. The molecule has 1 saturated carbocycles. The van der Waals surface area contributed by atoms with Crippen molar-refractivity contribution in [3.05, 3.63) is 70.7 Å². The molecule has 0 spiro atoms. The Morgan fingerprint density at radius 1 is 1.16 bits per heavy atom. The van der Waals surface area contributed by atoms with Crippen LogP contribution in [0.3, 0.4) is 0 Å². The van der Waals surface area contributed by atoms with Crippen LogP contribution in [0.5, 0.6) is 0 Å². The third kappa shape index (κ3) is 4.72. The van der Waals surface area contributed by atoms with Crippen LogP contribution in [0, 0.1) is 24.5 Å². The van der Waals surface area contributed by atoms with Gasteiger partial charge in [-0.1, -0.05) is 6.07 Å². The standard InChI is InChI=1S/C28H32F2N6O/c1-17-13-19(9-11-31-17)27-21-16-35(12-10-24(21)33-34-27)28(37)32-25-7-5-18-6-8-26(25)36(14-18)15-20-22(29)3-2-4-23(20)30/h2-4,9,11,13,18,25-26H,5-8,10,12,14-16H2,1H3,(H,32,37)(H,33,34)/t18-,25-,26-/m0/s1. The molecular weight excluding hydrogens is 474 g/mol. The zero-order chi connectivity index (χ0) is 25.5. The Morgan fingerprint density at radius 2 is 1.97 bits per heavy atom. The van der Waals surface area contributed by atoms with Gasteiger partial charge in [-0.05, 0) is 62.8 Å². The summed E-state index contributed by atoms with van der Waals surface area (Å²) in [5.74, 6) is -0.530. The van der Waals surface area contributed by atoms with Gasteiger partial charge < -0.3 is 10.2 Å². The van der Waals surface area contributed by atoms with E-state index in [4.69, 9.17) is 0 Å². The van der Waals surface area contributed by atoms with E-state index in [2.05, 4.69) is 25.4 Å². The number of aromatic nitrogens is 3. The first-order chi connectivity index (χ1) is 18.0. The Hall–Kier alpha value is -3.33. The average molecular weight is 507 g/mol. The molecule has 2 amide bonds. The molecule has 0 unspecified atom stereocenters. The smallest absolute Gasteiger partial charge is 0.317 e. The number of urea groups is 1. The fraction of sp³-hybridized carbons (Fsp3) is 0.464. The molecule has 0 radical (unpaired) electrons. The molecule has 7 nitrogen and oxygen atoms in total. The van der Waals surface area contributed by atoms with Gasteiger partial charge >= 0.3 is 6.03 Å². The first kappa shape index (κ1) is 24.0. The van der Waals surface area contributed by atoms with Crippen LogP contribution in [0.15, 0.2) is 36.5 Å². The minimum absolute atomic E-state index is 0.0529. The molecule has 1 aliphatic carbocycles. The van der Waals surface area contributed by atoms with E-state index in [-0.39, 0.29) is 30.2 Å². The van der Waals surface area contributed by atoms with Crippen LogP contribution in [0.25, 0.3) is 11.3 Å². The van der Waals surface area contributed by atoms with E-state index < -0.39 is 11.6 Å². The maximum Gasteiger partial charge on any atom is 0.317 e. The maximum absolute atomic E-state index is 14.4. The van der Waals surface area contributed by atoms with Gasteiger partial charge in [0.2, 0.25) is 0 Å². The lowest BCUT2D eigenvalue weighted by Crippen LogP contribution is -2.55. The number of hydrogen-bond donors (Lipinski definition) is 2. The number of amides is 2. The number of nitrogens with zero attached hydrogens (tertiary/aromatic N) is 4. The monoisotopic (exact) mass is 506 g/mol. The number of fused-ring (bicyclic) bond motifs is 5. The van der Waals surface area contributed by atoms with E-state index in [9.17, 15) is 13.6 Å². The van der Waals surface area contributed by atoms with E-state index in [1.165, 1.54) is 18.2 Å². The van der Waals surface area contributed by atoms with Crippen LogP contribution < -0.4 is 5.32 Å². The molecule has 3 aliphatic heterocycles. The van der Waals surface area contributed by atoms with Gasteiger partial charge in [-0.3, -0.25) is 15.0 Å². The second-order valence-corrected chi connectivity index (χ2v) is 10.7. The molecule has 7 rings (SSSR count). The number of benzene rings is 1. The molecule has 3 fully saturated rings. The van der Waals surface area contributed by atoms with Gasteiger partial charge in [0.05, 0.1) is 12.2 Å². The lowest BCUT2D eigenvalue weighted by atomic mass is 9.93. The van der Waals surface area contributed by atoms with Gasteiger partial charge in [-0.15, -0.1) is 0 Å². The number of carbonyl (C=O) groups excluding carboxylic acids is 1. The SMILES string of the molecule is Cc1cc(-c2n[nH]c3c2CN(C(=O)N[C@H]2CC[C@H]4CC[C@@H]2N(Cc2c(F)cccc2F)C4)CC3)ccn1. The lowest BCUT2D eigenvalue weighted by Gasteiger charge is -2.40. The van der Waals surface area contributed by atoms with Crippen molar-refractivity contribution in [3.8, 4) is 11.3 Å². The summed E-state index contributed by atoms with van der Waals surface area (Å²) >= 11 is 0. The van der Waals surface area contributed by atoms with Gasteiger partial charge in [-0.25, -0.2) is 13.6 Å². The van der Waals surface area contributed by atoms with Crippen LogP contribution in [0.4, 0.5) is 13.6 Å². The van der Waals surface area contributed by atoms with Crippen molar-refractivity contribution in [3.63, 3.8) is 0 Å². The summed E-state index contributed by atoms with van der Waals surface area (Å²) in [7, 11) is 0. The molecule has 4 aliphatic rings. The van der Waals surface area contributed by atoms with Gasteiger partial charge in [0.25, 0.3) is 0 Å². The van der Waals surface area contributed by atoms with Crippen molar-refractivity contribution in [2.24, 2.45) is 5.92 Å². The number of pyridine rings is 1. The average Bonchev–Trinajstić information content (AvgIpc) is 3.14. The summed E-state index contributed by atoms with van der Waals surface area (Å²) in [6, 6.07) is 7.90. The van der Waals surface area contributed by atoms with Crippen molar-refractivity contribution in [2.75, 3.05) is 13.1 Å². The Bertz CT molecular complexity index is 1290. The van der Waals surface area contributed by atoms with Gasteiger partial charge in [0.1, 0.15) is 11.6 Å². The lowest BCUT2D eigenvalue weighted by molar-refractivity contribution is 0.0956. The molecule has 2 saturated heterocycles. The number of piperidine rings is 1. The highest BCUT2D eigenvalue weighted by atomic mass is 19.1. The topological polar surface area (TPSA) is 77.2 Å². The molecule has 194 valence electrons. The highest BCUT2D eigenvalue weighted by molar-refractivity contribution is 5.76. The summed E-state index contributed by atoms with van der Waals surface area (Å²) in [6.07, 6.45) is 6.39. The highest BCUT2D eigenvalue weighted by Gasteiger charge is 2.39. The summed E-state index contributed by atoms with van der Waals surface area (Å²) in [5, 5.41) is 11.0. The molecule has 2 aromatic heterocycles. The molecule has 1 aromatic carbocycles. The molecule has 2 bridgehead atoms. The predicted octanol–water partition coefficient (Wildman–Crippen LogP) is 4.57. The number of halogens is 2. The number of aryl methyl sites for hydroxylation is 1. The molecule has 37 heavy (non-hydrogen) atoms. The normalized spacial score (nSPS) is 23.5. The Morgan fingerprint density at radius 3 is 2.78 bits per heavy atom. The number of hydrogen-bond acceptors (Lipinski definition) is 4. The summed E-state index contributed by atoms with van der Waals surface area (Å²) < 4.78 is 28.8. The Labute approximate surface area is 215 Å². The Balaban J connectivity index is 1.18. The van der Waals surface area contributed by atoms with Crippen LogP contribution >= 0.6 is 0 Å². The molecule has 3 aromatic rings. The fourth-order valence-electron chi connectivity index (χ4n) is 6.33. The van der Waals surface area contributed by atoms with Crippen molar-refractivity contribution >= 4 is 6.03 Å². The second kappa shape index (κ2) is 9.85. The first-order valence-corrected chi connectivity index (χ1v) is 13.2. The second-order valence-electron chi connectivity index (χ2n) is 10.7. The summed E-state index contributed by atoms with van der Waals surface area (Å²) in [6.45, 7) is 4.08. The van der Waals surface area contributed by atoms with E-state index in [1.807, 2.05) is 24.0 Å². The fourth-order valence-corrected chi connectivity index (χ4v) is 6.33.